The molecule has 0 nitrogen and oxygen atoms in total. The fourth-order valence-corrected chi connectivity index (χ4v) is 26.8. The van der Waals surface area contributed by atoms with Gasteiger partial charge in [-0.05, 0) is 0 Å². The molecule has 0 spiro atoms. The molecular formula is C41H38Cl2F6Zr. The summed E-state index contributed by atoms with van der Waals surface area (Å²) in [5.74, 6) is 0. The SMILES string of the molecule is CC(C)(C)c1ccc2c(c1)[CH]([Zr]([Cl])([Cl])(=[C](c1cccc(C(F)(F)F)c1)c1cccc(C(F)(F)F)c1)[CH]1C=CC=C1)c1cc(C(C)(C)C)ccc1-2. The van der Waals surface area contributed by atoms with Crippen molar-refractivity contribution in [2.45, 2.75) is 72.0 Å². The summed E-state index contributed by atoms with van der Waals surface area (Å²) in [6, 6.07) is 21.7. The molecule has 0 aliphatic heterocycles. The van der Waals surface area contributed by atoms with Crippen molar-refractivity contribution in [1.29, 1.82) is 0 Å². The summed E-state index contributed by atoms with van der Waals surface area (Å²) in [6.07, 6.45) is -2.14. The zero-order valence-corrected chi connectivity index (χ0v) is 32.5. The van der Waals surface area contributed by atoms with Crippen LogP contribution in [-0.2, 0) is 39.1 Å². The Morgan fingerprint density at radius 2 is 0.940 bits per heavy atom. The first kappa shape index (κ1) is 37.0. The first-order valence-electron chi connectivity index (χ1n) is 16.5. The summed E-state index contributed by atoms with van der Waals surface area (Å²) in [4.78, 5) is 0. The molecule has 0 aromatic heterocycles. The van der Waals surface area contributed by atoms with E-state index in [1.165, 1.54) is 24.3 Å². The van der Waals surface area contributed by atoms with E-state index in [9.17, 15) is 26.3 Å². The van der Waals surface area contributed by atoms with E-state index in [0.29, 0.717) is 0 Å². The summed E-state index contributed by atoms with van der Waals surface area (Å²) < 4.78 is 84.7. The van der Waals surface area contributed by atoms with Crippen molar-refractivity contribution in [2.24, 2.45) is 0 Å². The third-order valence-electron chi connectivity index (χ3n) is 10.1. The van der Waals surface area contributed by atoms with Gasteiger partial charge in [0.15, 0.2) is 0 Å². The zero-order valence-electron chi connectivity index (χ0n) is 28.6. The number of allylic oxidation sites excluding steroid dienone is 4. The molecule has 2 aliphatic rings. The molecule has 50 heavy (non-hydrogen) atoms. The minimum atomic E-state index is -6.28. The van der Waals surface area contributed by atoms with Crippen LogP contribution in [0, 0.1) is 0 Å². The van der Waals surface area contributed by atoms with Gasteiger partial charge in [0.25, 0.3) is 0 Å². The topological polar surface area (TPSA) is 0 Å². The van der Waals surface area contributed by atoms with Gasteiger partial charge >= 0.3 is 299 Å². The van der Waals surface area contributed by atoms with Crippen LogP contribution in [0.5, 0.6) is 0 Å². The van der Waals surface area contributed by atoms with Gasteiger partial charge in [-0.25, -0.2) is 0 Å². The number of fused-ring (bicyclic) bond motifs is 3. The van der Waals surface area contributed by atoms with Crippen molar-refractivity contribution >= 4 is 20.2 Å². The molecule has 0 radical (unpaired) electrons. The van der Waals surface area contributed by atoms with Gasteiger partial charge < -0.3 is 0 Å². The van der Waals surface area contributed by atoms with Gasteiger partial charge in [0.05, 0.1) is 0 Å². The standard InChI is InChI=1S/C21H25.C15H8F6.C5H5.2ClH.Zr/c1-20(2,3)16-7-9-18-14(12-16)11-15-13-17(21(4,5)6)8-10-19(15)18;16-14(17,18)12-5-1-3-10(8-12)7-11-4-2-6-13(9-11)15(19,20)21;1-2-4-5-3-1;;;/h7-13H,1-6H3;1-6,8-9H;1-5H;2*1H;/q;;;;;+2/p-2. The third-order valence-corrected chi connectivity index (χ3v) is 29.7. The van der Waals surface area contributed by atoms with Crippen molar-refractivity contribution in [2.75, 3.05) is 0 Å². The third kappa shape index (κ3) is 6.34. The predicted molar refractivity (Wildman–Crippen MR) is 191 cm³/mol. The van der Waals surface area contributed by atoms with E-state index >= 15 is 0 Å². The minimum absolute atomic E-state index is 0.0532. The second-order valence-electron chi connectivity index (χ2n) is 15.5. The second-order valence-corrected chi connectivity index (χ2v) is 36.2. The van der Waals surface area contributed by atoms with Crippen molar-refractivity contribution in [3.8, 4) is 11.1 Å². The molecule has 0 atom stereocenters. The molecule has 0 N–H and O–H groups in total. The van der Waals surface area contributed by atoms with Crippen molar-refractivity contribution in [3.05, 3.63) is 154 Å². The van der Waals surface area contributed by atoms with Crippen LogP contribution < -0.4 is 0 Å². The molecule has 0 saturated heterocycles. The molecule has 4 aromatic carbocycles. The number of hydrogen-bond acceptors (Lipinski definition) is 0. The summed E-state index contributed by atoms with van der Waals surface area (Å²) in [5, 5.41) is 0. The van der Waals surface area contributed by atoms with Gasteiger partial charge in [-0.2, -0.15) is 0 Å². The van der Waals surface area contributed by atoms with Crippen LogP contribution in [0.1, 0.15) is 89.7 Å². The predicted octanol–water partition coefficient (Wildman–Crippen LogP) is 13.6. The first-order valence-corrected chi connectivity index (χ1v) is 26.8. The maximum absolute atomic E-state index is 14.3. The summed E-state index contributed by atoms with van der Waals surface area (Å²) in [7, 11) is 16.9. The van der Waals surface area contributed by atoms with Gasteiger partial charge in [-0.3, -0.25) is 0 Å². The Kier molecular flexibility index (Phi) is 9.02. The molecule has 0 saturated carbocycles. The van der Waals surface area contributed by atoms with Crippen molar-refractivity contribution in [3.63, 3.8) is 0 Å². The van der Waals surface area contributed by atoms with E-state index in [1.807, 2.05) is 24.3 Å². The first-order chi connectivity index (χ1) is 23.0. The van der Waals surface area contributed by atoms with Crippen LogP contribution >= 0.6 is 17.0 Å². The number of benzene rings is 4. The van der Waals surface area contributed by atoms with E-state index in [0.717, 1.165) is 57.6 Å². The molecule has 6 rings (SSSR count). The van der Waals surface area contributed by atoms with Gasteiger partial charge in [0, 0.05) is 0 Å². The van der Waals surface area contributed by atoms with E-state index < -0.39 is 46.6 Å². The van der Waals surface area contributed by atoms with Crippen LogP contribution in [0.2, 0.25) is 3.63 Å². The van der Waals surface area contributed by atoms with Crippen LogP contribution in [0.4, 0.5) is 26.3 Å². The average Bonchev–Trinajstić information content (AvgIpc) is 3.67. The van der Waals surface area contributed by atoms with Gasteiger partial charge in [-0.1, -0.05) is 0 Å². The van der Waals surface area contributed by atoms with Crippen LogP contribution in [0.3, 0.4) is 0 Å². The molecule has 0 heterocycles. The Morgan fingerprint density at radius 3 is 1.30 bits per heavy atom. The molecule has 0 amide bonds. The van der Waals surface area contributed by atoms with Crippen LogP contribution in [-0.4, -0.2) is 3.21 Å². The van der Waals surface area contributed by atoms with Crippen LogP contribution in [0.25, 0.3) is 11.1 Å². The van der Waals surface area contributed by atoms with Crippen molar-refractivity contribution < 1.29 is 42.3 Å². The normalized spacial score (nSPS) is 15.8. The number of hydrogen-bond donors (Lipinski definition) is 0. The van der Waals surface area contributed by atoms with E-state index in [-0.39, 0.29) is 25.2 Å². The summed E-state index contributed by atoms with van der Waals surface area (Å²) in [6.45, 7) is 12.5. The van der Waals surface area contributed by atoms with Crippen molar-refractivity contribution in [1.82, 2.24) is 0 Å². The summed E-state index contributed by atoms with van der Waals surface area (Å²) >= 11 is -6.28. The second kappa shape index (κ2) is 12.2. The van der Waals surface area contributed by atoms with E-state index in [1.54, 1.807) is 12.2 Å². The Balaban J connectivity index is 1.88. The molecule has 0 bridgehead atoms. The van der Waals surface area contributed by atoms with Gasteiger partial charge in [-0.15, -0.1) is 0 Å². The average molecular weight is 807 g/mol. The van der Waals surface area contributed by atoms with Gasteiger partial charge in [0.1, 0.15) is 0 Å². The molecule has 0 fully saturated rings. The van der Waals surface area contributed by atoms with Gasteiger partial charge in [0.2, 0.25) is 0 Å². The molecule has 9 heteroatoms. The Bertz CT molecular complexity index is 2000. The molecule has 2 aliphatic carbocycles. The quantitative estimate of drug-likeness (QED) is 0.180. The zero-order chi connectivity index (χ0) is 36.7. The molecule has 4 aromatic rings. The number of halogens is 8. The van der Waals surface area contributed by atoms with E-state index in [2.05, 4.69) is 65.8 Å². The molecule has 262 valence electrons. The number of alkyl halides is 6. The molecular weight excluding hydrogens is 769 g/mol. The Hall–Kier alpha value is -2.73. The fourth-order valence-electron chi connectivity index (χ4n) is 7.47. The van der Waals surface area contributed by atoms with Crippen LogP contribution in [0.15, 0.2) is 109 Å². The Labute approximate surface area is 297 Å². The monoisotopic (exact) mass is 804 g/mol. The van der Waals surface area contributed by atoms with E-state index in [4.69, 9.17) is 17.0 Å². The molecule has 0 unspecified atom stereocenters. The Morgan fingerprint density at radius 1 is 0.540 bits per heavy atom. The number of rotatable bonds is 4. The summed E-state index contributed by atoms with van der Waals surface area (Å²) in [5.41, 5.74) is 3.14. The maximum atomic E-state index is 14.3. The fraction of sp³-hybridized carbons (Fsp3) is 0.293.